The molecule has 0 atom stereocenters. The fourth-order valence-electron chi connectivity index (χ4n) is 3.06. The van der Waals surface area contributed by atoms with E-state index >= 15 is 0 Å². The van der Waals surface area contributed by atoms with E-state index in [9.17, 15) is 9.18 Å². The Hall–Kier alpha value is -2.74. The number of halogens is 1. The largest absolute Gasteiger partial charge is 0.312 e. The van der Waals surface area contributed by atoms with Crippen LogP contribution >= 0.6 is 11.8 Å². The van der Waals surface area contributed by atoms with E-state index in [1.54, 1.807) is 29.4 Å². The summed E-state index contributed by atoms with van der Waals surface area (Å²) in [4.78, 5) is 18.6. The van der Waals surface area contributed by atoms with Crippen molar-refractivity contribution < 1.29 is 9.18 Å². The number of benzene rings is 1. The van der Waals surface area contributed by atoms with Crippen LogP contribution < -0.4 is 4.90 Å². The Bertz CT molecular complexity index is 956. The van der Waals surface area contributed by atoms with Crippen molar-refractivity contribution in [3.63, 3.8) is 0 Å². The van der Waals surface area contributed by atoms with E-state index in [1.807, 2.05) is 19.1 Å². The van der Waals surface area contributed by atoms with E-state index in [4.69, 9.17) is 0 Å². The van der Waals surface area contributed by atoms with Gasteiger partial charge in [0.05, 0.1) is 5.75 Å². The highest BCUT2D eigenvalue weighted by Gasteiger charge is 2.30. The van der Waals surface area contributed by atoms with Gasteiger partial charge in [0.25, 0.3) is 0 Å². The minimum Gasteiger partial charge on any atom is -0.312 e. The van der Waals surface area contributed by atoms with Crippen LogP contribution in [0.4, 0.5) is 10.1 Å². The zero-order valence-electron chi connectivity index (χ0n) is 15.5. The number of carbonyl (C=O) groups is 1. The number of aromatic nitrogens is 4. The van der Waals surface area contributed by atoms with Gasteiger partial charge in [-0.25, -0.2) is 4.39 Å². The molecular weight excluding hydrogens is 377 g/mol. The highest BCUT2D eigenvalue weighted by molar-refractivity contribution is 7.99. The number of rotatable bonds is 7. The summed E-state index contributed by atoms with van der Waals surface area (Å²) < 4.78 is 15.3. The second-order valence-electron chi connectivity index (χ2n) is 6.55. The summed E-state index contributed by atoms with van der Waals surface area (Å²) in [6.07, 6.45) is 5.67. The molecule has 3 aromatic rings. The maximum atomic E-state index is 13.2. The molecule has 1 saturated carbocycles. The normalized spacial score (nSPS) is 13.5. The minimum atomic E-state index is -0.318. The molecule has 6 nitrogen and oxygen atoms in total. The number of nitrogens with zero attached hydrogens (tertiary/aromatic N) is 5. The van der Waals surface area contributed by atoms with Crippen LogP contribution in [0.2, 0.25) is 0 Å². The van der Waals surface area contributed by atoms with Gasteiger partial charge >= 0.3 is 0 Å². The Morgan fingerprint density at radius 3 is 2.68 bits per heavy atom. The highest BCUT2D eigenvalue weighted by atomic mass is 32.2. The van der Waals surface area contributed by atoms with Gasteiger partial charge in [-0.15, -0.1) is 10.2 Å². The Kier molecular flexibility index (Phi) is 5.38. The third kappa shape index (κ3) is 3.91. The average Bonchev–Trinajstić information content (AvgIpc) is 3.48. The standard InChI is InChI=1S/C20H20FN5OS/c1-2-25(16-7-5-15(21)6-8-16)18(27)13-28-20-24-23-19(26(20)17-9-10-17)14-4-3-11-22-12-14/h3-8,11-12,17H,2,9-10,13H2,1H3. The number of carbonyl (C=O) groups excluding carboxylic acids is 1. The fourth-order valence-corrected chi connectivity index (χ4v) is 3.94. The van der Waals surface area contributed by atoms with E-state index in [-0.39, 0.29) is 17.5 Å². The Morgan fingerprint density at radius 1 is 1.25 bits per heavy atom. The van der Waals surface area contributed by atoms with Crippen LogP contribution in [-0.2, 0) is 4.79 Å². The van der Waals surface area contributed by atoms with Crippen molar-refractivity contribution in [2.24, 2.45) is 0 Å². The summed E-state index contributed by atoms with van der Waals surface area (Å²) in [6, 6.07) is 10.2. The predicted molar refractivity (Wildman–Crippen MR) is 107 cm³/mol. The van der Waals surface area contributed by atoms with Crippen LogP contribution in [0, 0.1) is 5.82 Å². The van der Waals surface area contributed by atoms with Gasteiger partial charge in [-0.2, -0.15) is 0 Å². The van der Waals surface area contributed by atoms with Crippen molar-refractivity contribution in [2.75, 3.05) is 17.2 Å². The fraction of sp³-hybridized carbons (Fsp3) is 0.300. The molecule has 0 radical (unpaired) electrons. The third-order valence-electron chi connectivity index (χ3n) is 4.58. The van der Waals surface area contributed by atoms with Crippen molar-refractivity contribution >= 4 is 23.4 Å². The van der Waals surface area contributed by atoms with Crippen molar-refractivity contribution in [1.82, 2.24) is 19.7 Å². The summed E-state index contributed by atoms with van der Waals surface area (Å²) in [6.45, 7) is 2.42. The lowest BCUT2D eigenvalue weighted by atomic mass is 10.3. The lowest BCUT2D eigenvalue weighted by Crippen LogP contribution is -2.32. The second kappa shape index (κ2) is 8.10. The molecule has 1 aromatic carbocycles. The van der Waals surface area contributed by atoms with E-state index in [1.165, 1.54) is 23.9 Å². The van der Waals surface area contributed by atoms with Crippen molar-refractivity contribution in [3.8, 4) is 11.4 Å². The second-order valence-corrected chi connectivity index (χ2v) is 7.49. The average molecular weight is 397 g/mol. The predicted octanol–water partition coefficient (Wildman–Crippen LogP) is 3.96. The van der Waals surface area contributed by atoms with E-state index in [2.05, 4.69) is 19.7 Å². The molecule has 0 bridgehead atoms. The Morgan fingerprint density at radius 2 is 2.04 bits per heavy atom. The zero-order valence-corrected chi connectivity index (χ0v) is 16.3. The number of amides is 1. The number of anilines is 1. The molecule has 0 aliphatic heterocycles. The summed E-state index contributed by atoms with van der Waals surface area (Å²) in [5.74, 6) is 0.661. The highest BCUT2D eigenvalue weighted by Crippen LogP contribution is 2.41. The summed E-state index contributed by atoms with van der Waals surface area (Å²) in [7, 11) is 0. The van der Waals surface area contributed by atoms with Crippen molar-refractivity contribution in [1.29, 1.82) is 0 Å². The maximum Gasteiger partial charge on any atom is 0.237 e. The molecule has 0 N–H and O–H groups in total. The third-order valence-corrected chi connectivity index (χ3v) is 5.50. The van der Waals surface area contributed by atoms with Gasteiger partial charge in [0.1, 0.15) is 5.82 Å². The molecule has 0 unspecified atom stereocenters. The molecule has 1 fully saturated rings. The molecule has 28 heavy (non-hydrogen) atoms. The molecule has 4 rings (SSSR count). The zero-order chi connectivity index (χ0) is 19.5. The Labute approximate surface area is 166 Å². The van der Waals surface area contributed by atoms with Gasteiger partial charge in [0, 0.05) is 36.2 Å². The molecule has 0 saturated heterocycles. The van der Waals surface area contributed by atoms with Gasteiger partial charge in [-0.1, -0.05) is 11.8 Å². The maximum absolute atomic E-state index is 13.2. The molecule has 2 heterocycles. The van der Waals surface area contributed by atoms with Crippen LogP contribution in [0.15, 0.2) is 53.9 Å². The molecule has 0 spiro atoms. The number of pyridine rings is 1. The minimum absolute atomic E-state index is 0.0487. The molecule has 1 aliphatic carbocycles. The lowest BCUT2D eigenvalue weighted by molar-refractivity contribution is -0.116. The first-order valence-corrected chi connectivity index (χ1v) is 10.2. The van der Waals surface area contributed by atoms with Crippen LogP contribution in [-0.4, -0.2) is 38.0 Å². The molecule has 2 aromatic heterocycles. The summed E-state index contributed by atoms with van der Waals surface area (Å²) in [5, 5.41) is 9.41. The van der Waals surface area contributed by atoms with Gasteiger partial charge in [0.2, 0.25) is 5.91 Å². The smallest absolute Gasteiger partial charge is 0.237 e. The first kappa shape index (κ1) is 18.6. The van der Waals surface area contributed by atoms with Crippen LogP contribution in [0.5, 0.6) is 0 Å². The topological polar surface area (TPSA) is 63.9 Å². The number of thioether (sulfide) groups is 1. The first-order chi connectivity index (χ1) is 13.7. The first-order valence-electron chi connectivity index (χ1n) is 9.21. The monoisotopic (exact) mass is 397 g/mol. The number of hydrogen-bond acceptors (Lipinski definition) is 5. The van der Waals surface area contributed by atoms with Crippen molar-refractivity contribution in [3.05, 3.63) is 54.6 Å². The molecule has 8 heteroatoms. The SMILES string of the molecule is CCN(C(=O)CSc1nnc(-c2cccnc2)n1C1CC1)c1ccc(F)cc1. The van der Waals surface area contributed by atoms with Gasteiger partial charge in [0.15, 0.2) is 11.0 Å². The van der Waals surface area contributed by atoms with Crippen LogP contribution in [0.1, 0.15) is 25.8 Å². The molecule has 1 aliphatic rings. The summed E-state index contributed by atoms with van der Waals surface area (Å²) in [5.41, 5.74) is 1.61. The quantitative estimate of drug-likeness (QED) is 0.565. The molecule has 1 amide bonds. The number of hydrogen-bond donors (Lipinski definition) is 0. The van der Waals surface area contributed by atoms with E-state index in [0.717, 1.165) is 29.4 Å². The van der Waals surface area contributed by atoms with E-state index in [0.29, 0.717) is 18.3 Å². The molecule has 144 valence electrons. The van der Waals surface area contributed by atoms with Crippen LogP contribution in [0.3, 0.4) is 0 Å². The van der Waals surface area contributed by atoms with Gasteiger partial charge in [-0.05, 0) is 56.2 Å². The van der Waals surface area contributed by atoms with Crippen molar-refractivity contribution in [2.45, 2.75) is 31.0 Å². The van der Waals surface area contributed by atoms with Gasteiger partial charge in [-0.3, -0.25) is 14.3 Å². The summed E-state index contributed by atoms with van der Waals surface area (Å²) >= 11 is 1.38. The lowest BCUT2D eigenvalue weighted by Gasteiger charge is -2.20. The van der Waals surface area contributed by atoms with Gasteiger partial charge < -0.3 is 4.90 Å². The van der Waals surface area contributed by atoms with E-state index < -0.39 is 0 Å². The molecular formula is C20H20FN5OS. The van der Waals surface area contributed by atoms with Crippen LogP contribution in [0.25, 0.3) is 11.4 Å². The Balaban J connectivity index is 1.51.